The summed E-state index contributed by atoms with van der Waals surface area (Å²) < 4.78 is 10.2. The molecular formula is C14H22BrNO3. The van der Waals surface area contributed by atoms with Crippen molar-refractivity contribution in [1.82, 2.24) is 0 Å². The first kappa shape index (κ1) is 17.9. The molecule has 1 rings (SSSR count). The summed E-state index contributed by atoms with van der Waals surface area (Å²) in [6, 6.07) is 6.36. The second-order valence-corrected chi connectivity index (χ2v) is 4.60. The summed E-state index contributed by atoms with van der Waals surface area (Å²) in [6.45, 7) is 4.58. The largest absolute Gasteiger partial charge is 0.497 e. The molecule has 0 aliphatic heterocycles. The summed E-state index contributed by atoms with van der Waals surface area (Å²) >= 11 is 0. The van der Waals surface area contributed by atoms with E-state index in [9.17, 15) is 4.79 Å². The second kappa shape index (κ2) is 8.93. The van der Waals surface area contributed by atoms with Gasteiger partial charge in [0.15, 0.2) is 0 Å². The van der Waals surface area contributed by atoms with Gasteiger partial charge in [0.05, 0.1) is 13.7 Å². The van der Waals surface area contributed by atoms with Crippen LogP contribution in [0, 0.1) is 5.92 Å². The fraction of sp³-hybridized carbons (Fsp3) is 0.500. The highest BCUT2D eigenvalue weighted by atomic mass is 79.9. The van der Waals surface area contributed by atoms with Crippen LogP contribution in [-0.4, -0.2) is 19.7 Å². The minimum absolute atomic E-state index is 0. The van der Waals surface area contributed by atoms with Gasteiger partial charge in [0, 0.05) is 0 Å². The van der Waals surface area contributed by atoms with Crippen molar-refractivity contribution in [2.24, 2.45) is 11.7 Å². The highest BCUT2D eigenvalue weighted by molar-refractivity contribution is 8.93. The van der Waals surface area contributed by atoms with Gasteiger partial charge in [0.2, 0.25) is 0 Å². The van der Waals surface area contributed by atoms with Crippen molar-refractivity contribution < 1.29 is 14.3 Å². The number of carbonyl (C=O) groups is 1. The van der Waals surface area contributed by atoms with Gasteiger partial charge in [-0.05, 0) is 30.0 Å². The lowest BCUT2D eigenvalue weighted by molar-refractivity contribution is -0.145. The molecule has 0 aromatic heterocycles. The molecule has 0 heterocycles. The van der Waals surface area contributed by atoms with E-state index in [1.807, 2.05) is 0 Å². The Hall–Kier alpha value is -1.07. The van der Waals surface area contributed by atoms with Gasteiger partial charge in [0.1, 0.15) is 11.8 Å². The molecule has 1 aromatic rings. The number of carbonyl (C=O) groups excluding carboxylic acids is 1. The van der Waals surface area contributed by atoms with Gasteiger partial charge in [-0.25, -0.2) is 4.79 Å². The van der Waals surface area contributed by atoms with Crippen molar-refractivity contribution in [1.29, 1.82) is 0 Å². The molecule has 0 fully saturated rings. The highest BCUT2D eigenvalue weighted by Gasteiger charge is 2.17. The molecule has 4 nitrogen and oxygen atoms in total. The van der Waals surface area contributed by atoms with E-state index in [1.165, 1.54) is 0 Å². The molecule has 1 unspecified atom stereocenters. The molecule has 0 aliphatic carbocycles. The molecule has 0 bridgehead atoms. The lowest BCUT2D eigenvalue weighted by Gasteiger charge is -2.13. The lowest BCUT2D eigenvalue weighted by atomic mass is 10.1. The van der Waals surface area contributed by atoms with Crippen molar-refractivity contribution in [2.75, 3.05) is 13.7 Å². The number of rotatable bonds is 6. The molecule has 0 aliphatic rings. The Morgan fingerprint density at radius 3 is 2.32 bits per heavy atom. The van der Waals surface area contributed by atoms with Crippen LogP contribution in [0.25, 0.3) is 0 Å². The van der Waals surface area contributed by atoms with Crippen LogP contribution in [-0.2, 0) is 9.53 Å². The average Bonchev–Trinajstić information content (AvgIpc) is 2.37. The Kier molecular flexibility index (Phi) is 8.43. The van der Waals surface area contributed by atoms with Crippen LogP contribution < -0.4 is 10.5 Å². The minimum Gasteiger partial charge on any atom is -0.497 e. The lowest BCUT2D eigenvalue weighted by Crippen LogP contribution is -2.24. The van der Waals surface area contributed by atoms with Crippen molar-refractivity contribution in [3.05, 3.63) is 29.8 Å². The first-order valence-corrected chi connectivity index (χ1v) is 6.10. The number of hydrogen-bond donors (Lipinski definition) is 1. The van der Waals surface area contributed by atoms with Gasteiger partial charge in [-0.1, -0.05) is 26.0 Å². The normalized spacial score (nSPS) is 11.6. The predicted molar refractivity (Wildman–Crippen MR) is 80.7 cm³/mol. The maximum absolute atomic E-state index is 11.7. The van der Waals surface area contributed by atoms with Gasteiger partial charge in [-0.3, -0.25) is 0 Å². The summed E-state index contributed by atoms with van der Waals surface area (Å²) in [5.41, 5.74) is 6.56. The molecule has 0 saturated heterocycles. The Labute approximate surface area is 125 Å². The summed E-state index contributed by atoms with van der Waals surface area (Å²) in [7, 11) is 1.59. The first-order valence-electron chi connectivity index (χ1n) is 6.10. The third kappa shape index (κ3) is 6.07. The monoisotopic (exact) mass is 331 g/mol. The van der Waals surface area contributed by atoms with Crippen LogP contribution in [0.15, 0.2) is 24.3 Å². The third-order valence-corrected chi connectivity index (χ3v) is 2.67. The van der Waals surface area contributed by atoms with Crippen LogP contribution in [0.1, 0.15) is 31.9 Å². The van der Waals surface area contributed by atoms with E-state index in [0.29, 0.717) is 12.5 Å². The molecule has 5 heteroatoms. The molecule has 0 amide bonds. The molecule has 1 aromatic carbocycles. The number of hydrogen-bond acceptors (Lipinski definition) is 4. The van der Waals surface area contributed by atoms with Gasteiger partial charge in [-0.15, -0.1) is 17.0 Å². The number of methoxy groups -OCH3 is 1. The van der Waals surface area contributed by atoms with Gasteiger partial charge in [0.25, 0.3) is 0 Å². The molecule has 108 valence electrons. The van der Waals surface area contributed by atoms with Gasteiger partial charge >= 0.3 is 5.97 Å². The topological polar surface area (TPSA) is 61.5 Å². The zero-order valence-electron chi connectivity index (χ0n) is 11.6. The van der Waals surface area contributed by atoms with Crippen LogP contribution >= 0.6 is 17.0 Å². The quantitative estimate of drug-likeness (QED) is 0.814. The third-order valence-electron chi connectivity index (χ3n) is 2.67. The zero-order valence-corrected chi connectivity index (χ0v) is 13.3. The Balaban J connectivity index is 0.00000324. The summed E-state index contributed by atoms with van der Waals surface area (Å²) in [5, 5.41) is 0. The fourth-order valence-electron chi connectivity index (χ4n) is 1.43. The molecule has 0 spiro atoms. The first-order chi connectivity index (χ1) is 8.54. The van der Waals surface area contributed by atoms with Crippen LogP contribution in [0.2, 0.25) is 0 Å². The van der Waals surface area contributed by atoms with Crippen molar-refractivity contribution >= 4 is 23.0 Å². The second-order valence-electron chi connectivity index (χ2n) is 4.60. The van der Waals surface area contributed by atoms with Crippen molar-refractivity contribution in [3.8, 4) is 5.75 Å². The fourth-order valence-corrected chi connectivity index (χ4v) is 1.43. The molecule has 0 radical (unpaired) electrons. The van der Waals surface area contributed by atoms with Crippen LogP contribution in [0.5, 0.6) is 5.75 Å². The van der Waals surface area contributed by atoms with E-state index in [0.717, 1.165) is 17.7 Å². The summed E-state index contributed by atoms with van der Waals surface area (Å²) in [6.07, 6.45) is 0.848. The number of esters is 1. The van der Waals surface area contributed by atoms with Crippen LogP contribution in [0.3, 0.4) is 0 Å². The Morgan fingerprint density at radius 1 is 1.26 bits per heavy atom. The molecule has 1 atom stereocenters. The molecule has 19 heavy (non-hydrogen) atoms. The van der Waals surface area contributed by atoms with E-state index in [4.69, 9.17) is 15.2 Å². The number of benzene rings is 1. The van der Waals surface area contributed by atoms with E-state index in [1.54, 1.807) is 31.4 Å². The molecule has 2 N–H and O–H groups in total. The van der Waals surface area contributed by atoms with E-state index >= 15 is 0 Å². The Bertz CT molecular complexity index is 379. The van der Waals surface area contributed by atoms with Crippen molar-refractivity contribution in [2.45, 2.75) is 26.3 Å². The number of ether oxygens (including phenoxy) is 2. The van der Waals surface area contributed by atoms with Gasteiger partial charge in [-0.2, -0.15) is 0 Å². The van der Waals surface area contributed by atoms with E-state index in [2.05, 4.69) is 13.8 Å². The summed E-state index contributed by atoms with van der Waals surface area (Å²) in [4.78, 5) is 11.7. The number of halogens is 1. The average molecular weight is 332 g/mol. The SMILES string of the molecule is Br.COc1ccc(C(N)C(=O)OCCC(C)C)cc1. The predicted octanol–water partition coefficient (Wildman–Crippen LogP) is 2.86. The minimum atomic E-state index is -0.733. The maximum atomic E-state index is 11.7. The van der Waals surface area contributed by atoms with E-state index < -0.39 is 6.04 Å². The van der Waals surface area contributed by atoms with Crippen molar-refractivity contribution in [3.63, 3.8) is 0 Å². The zero-order chi connectivity index (χ0) is 13.5. The standard InChI is InChI=1S/C14H21NO3.BrH/c1-10(2)8-9-18-14(16)13(15)11-4-6-12(17-3)7-5-11;/h4-7,10,13H,8-9,15H2,1-3H3;1H. The highest BCUT2D eigenvalue weighted by Crippen LogP contribution is 2.17. The van der Waals surface area contributed by atoms with Gasteiger partial charge < -0.3 is 15.2 Å². The van der Waals surface area contributed by atoms with E-state index in [-0.39, 0.29) is 23.0 Å². The Morgan fingerprint density at radius 2 is 1.84 bits per heavy atom. The molecular weight excluding hydrogens is 310 g/mol. The maximum Gasteiger partial charge on any atom is 0.327 e. The number of nitrogens with two attached hydrogens (primary N) is 1. The smallest absolute Gasteiger partial charge is 0.327 e. The van der Waals surface area contributed by atoms with Crippen LogP contribution in [0.4, 0.5) is 0 Å². The molecule has 0 saturated carbocycles. The summed E-state index contributed by atoms with van der Waals surface area (Å²) in [5.74, 6) is 0.856.